The van der Waals surface area contributed by atoms with Crippen molar-refractivity contribution in [2.24, 2.45) is 5.73 Å². The lowest BCUT2D eigenvalue weighted by molar-refractivity contribution is -0.142. The maximum absolute atomic E-state index is 11.6. The van der Waals surface area contributed by atoms with Crippen LogP contribution in [0.2, 0.25) is 0 Å². The Bertz CT molecular complexity index is 392. The molecule has 1 amide bonds. The van der Waals surface area contributed by atoms with Gasteiger partial charge in [-0.1, -0.05) is 30.3 Å². The van der Waals surface area contributed by atoms with Gasteiger partial charge in [-0.25, -0.2) is 0 Å². The van der Waals surface area contributed by atoms with E-state index in [-0.39, 0.29) is 12.3 Å². The Labute approximate surface area is 99.8 Å². The number of carboxylic acid groups (broad SMARTS) is 1. The highest BCUT2D eigenvalue weighted by atomic mass is 16.4. The number of hydrogen-bond donors (Lipinski definition) is 2. The molecule has 0 spiro atoms. The number of amides is 1. The molecule has 0 saturated carbocycles. The van der Waals surface area contributed by atoms with Crippen molar-refractivity contribution >= 4 is 11.9 Å². The summed E-state index contributed by atoms with van der Waals surface area (Å²) < 4.78 is 0. The molecule has 0 saturated heterocycles. The number of nitrogens with zero attached hydrogens (tertiary/aromatic N) is 1. The Morgan fingerprint density at radius 1 is 1.35 bits per heavy atom. The second-order valence-corrected chi connectivity index (χ2v) is 3.88. The molecular weight excluding hydrogens is 220 g/mol. The van der Waals surface area contributed by atoms with Crippen molar-refractivity contribution in [1.82, 2.24) is 4.90 Å². The molecule has 3 N–H and O–H groups in total. The summed E-state index contributed by atoms with van der Waals surface area (Å²) >= 11 is 0. The van der Waals surface area contributed by atoms with E-state index in [2.05, 4.69) is 0 Å². The summed E-state index contributed by atoms with van der Waals surface area (Å²) in [7, 11) is 1.63. The summed E-state index contributed by atoms with van der Waals surface area (Å²) in [5, 5.41) is 8.61. The summed E-state index contributed by atoms with van der Waals surface area (Å²) in [6, 6.07) is 8.33. The number of hydrogen-bond acceptors (Lipinski definition) is 3. The molecule has 1 aromatic rings. The number of carbonyl (C=O) groups excluding carboxylic acids is 1. The first-order chi connectivity index (χ1) is 8.00. The van der Waals surface area contributed by atoms with E-state index in [1.807, 2.05) is 30.3 Å². The van der Waals surface area contributed by atoms with Gasteiger partial charge in [0.05, 0.1) is 6.42 Å². The van der Waals surface area contributed by atoms with Crippen LogP contribution in [0, 0.1) is 0 Å². The zero-order valence-electron chi connectivity index (χ0n) is 9.67. The van der Waals surface area contributed by atoms with Crippen molar-refractivity contribution in [3.05, 3.63) is 35.9 Å². The van der Waals surface area contributed by atoms with Gasteiger partial charge in [0.2, 0.25) is 5.91 Å². The highest BCUT2D eigenvalue weighted by Crippen LogP contribution is 2.04. The first kappa shape index (κ1) is 13.2. The van der Waals surface area contributed by atoms with Gasteiger partial charge in [0.15, 0.2) is 0 Å². The van der Waals surface area contributed by atoms with Gasteiger partial charge in [0.25, 0.3) is 0 Å². The molecule has 0 aliphatic rings. The first-order valence-electron chi connectivity index (χ1n) is 5.27. The Hall–Kier alpha value is -1.88. The van der Waals surface area contributed by atoms with Crippen LogP contribution in [0.3, 0.4) is 0 Å². The van der Waals surface area contributed by atoms with Gasteiger partial charge in [0, 0.05) is 13.6 Å². The molecule has 0 aliphatic heterocycles. The Balaban J connectivity index is 2.50. The second kappa shape index (κ2) is 6.00. The molecule has 1 aromatic carbocycles. The maximum atomic E-state index is 11.6. The van der Waals surface area contributed by atoms with E-state index in [1.54, 1.807) is 7.05 Å². The number of aliphatic carboxylic acids is 1. The quantitative estimate of drug-likeness (QED) is 0.777. The lowest BCUT2D eigenvalue weighted by Crippen LogP contribution is -2.37. The predicted molar refractivity (Wildman–Crippen MR) is 63.1 cm³/mol. The minimum absolute atomic E-state index is 0.182. The Kier molecular flexibility index (Phi) is 4.66. The van der Waals surface area contributed by atoms with Gasteiger partial charge in [-0.2, -0.15) is 0 Å². The fourth-order valence-electron chi connectivity index (χ4n) is 1.38. The van der Waals surface area contributed by atoms with Crippen LogP contribution < -0.4 is 5.73 Å². The molecule has 0 heterocycles. The lowest BCUT2D eigenvalue weighted by atomic mass is 10.2. The normalized spacial score (nSPS) is 11.9. The van der Waals surface area contributed by atoms with E-state index in [4.69, 9.17) is 10.8 Å². The van der Waals surface area contributed by atoms with Crippen molar-refractivity contribution in [3.8, 4) is 0 Å². The number of carbonyl (C=O) groups is 2. The summed E-state index contributed by atoms with van der Waals surface area (Å²) in [6.45, 7) is 0.450. The molecule has 1 atom stereocenters. The third-order valence-electron chi connectivity index (χ3n) is 2.40. The smallest absolute Gasteiger partial charge is 0.321 e. The number of benzene rings is 1. The molecule has 5 heteroatoms. The van der Waals surface area contributed by atoms with Gasteiger partial charge in [-0.3, -0.25) is 9.59 Å². The van der Waals surface area contributed by atoms with Gasteiger partial charge in [0.1, 0.15) is 6.04 Å². The number of rotatable bonds is 5. The van der Waals surface area contributed by atoms with Crippen LogP contribution in [-0.2, 0) is 16.1 Å². The molecule has 92 valence electrons. The van der Waals surface area contributed by atoms with Gasteiger partial charge in [-0.15, -0.1) is 0 Å². The largest absolute Gasteiger partial charge is 0.480 e. The fourth-order valence-corrected chi connectivity index (χ4v) is 1.38. The van der Waals surface area contributed by atoms with Crippen LogP contribution >= 0.6 is 0 Å². The minimum Gasteiger partial charge on any atom is -0.480 e. The van der Waals surface area contributed by atoms with Crippen molar-refractivity contribution in [3.63, 3.8) is 0 Å². The molecule has 0 aliphatic carbocycles. The summed E-state index contributed by atoms with van der Waals surface area (Å²) in [5.74, 6) is -1.43. The molecule has 0 fully saturated rings. The van der Waals surface area contributed by atoms with Crippen molar-refractivity contribution in [2.75, 3.05) is 7.05 Å². The van der Waals surface area contributed by atoms with Gasteiger partial charge in [-0.05, 0) is 5.56 Å². The standard InChI is InChI=1S/C12H16N2O3/c1-14(8-9-5-3-2-4-6-9)11(15)7-10(13)12(16)17/h2-6,10H,7-8,13H2,1H3,(H,16,17). The lowest BCUT2D eigenvalue weighted by Gasteiger charge is -2.18. The maximum Gasteiger partial charge on any atom is 0.321 e. The van der Waals surface area contributed by atoms with E-state index in [1.165, 1.54) is 4.90 Å². The molecule has 5 nitrogen and oxygen atoms in total. The topological polar surface area (TPSA) is 83.6 Å². The molecule has 17 heavy (non-hydrogen) atoms. The third-order valence-corrected chi connectivity index (χ3v) is 2.40. The first-order valence-corrected chi connectivity index (χ1v) is 5.27. The number of carboxylic acids is 1. The number of nitrogens with two attached hydrogens (primary N) is 1. The van der Waals surface area contributed by atoms with Crippen LogP contribution in [0.1, 0.15) is 12.0 Å². The van der Waals surface area contributed by atoms with Gasteiger partial charge < -0.3 is 15.7 Å². The average Bonchev–Trinajstić information content (AvgIpc) is 2.29. The van der Waals surface area contributed by atoms with Crippen molar-refractivity contribution in [1.29, 1.82) is 0 Å². The van der Waals surface area contributed by atoms with Crippen LogP contribution in [0.4, 0.5) is 0 Å². The zero-order chi connectivity index (χ0) is 12.8. The molecule has 1 unspecified atom stereocenters. The van der Waals surface area contributed by atoms with E-state index < -0.39 is 12.0 Å². The zero-order valence-corrected chi connectivity index (χ0v) is 9.67. The summed E-state index contributed by atoms with van der Waals surface area (Å²) in [6.07, 6.45) is -0.182. The van der Waals surface area contributed by atoms with Crippen LogP contribution in [0.25, 0.3) is 0 Å². The molecule has 0 radical (unpaired) electrons. The molecular formula is C12H16N2O3. The summed E-state index contributed by atoms with van der Waals surface area (Å²) in [5.41, 5.74) is 6.29. The molecule has 0 aromatic heterocycles. The highest BCUT2D eigenvalue weighted by molar-refractivity contribution is 5.84. The predicted octanol–water partition coefficient (Wildman–Crippen LogP) is 0.447. The van der Waals surface area contributed by atoms with E-state index in [0.29, 0.717) is 6.54 Å². The summed E-state index contributed by atoms with van der Waals surface area (Å²) in [4.78, 5) is 23.6. The monoisotopic (exact) mass is 236 g/mol. The van der Waals surface area contributed by atoms with E-state index in [9.17, 15) is 9.59 Å². The van der Waals surface area contributed by atoms with Gasteiger partial charge >= 0.3 is 5.97 Å². The third kappa shape index (κ3) is 4.24. The van der Waals surface area contributed by atoms with Crippen LogP contribution in [-0.4, -0.2) is 35.0 Å². The fraction of sp³-hybridized carbons (Fsp3) is 0.333. The van der Waals surface area contributed by atoms with Crippen LogP contribution in [0.5, 0.6) is 0 Å². The van der Waals surface area contributed by atoms with Crippen molar-refractivity contribution < 1.29 is 14.7 Å². The highest BCUT2D eigenvalue weighted by Gasteiger charge is 2.18. The average molecular weight is 236 g/mol. The SMILES string of the molecule is CN(Cc1ccccc1)C(=O)CC(N)C(=O)O. The Morgan fingerprint density at radius 3 is 2.47 bits per heavy atom. The molecule has 0 bridgehead atoms. The van der Waals surface area contributed by atoms with E-state index in [0.717, 1.165) is 5.56 Å². The second-order valence-electron chi connectivity index (χ2n) is 3.88. The Morgan fingerprint density at radius 2 is 1.94 bits per heavy atom. The van der Waals surface area contributed by atoms with Crippen LogP contribution in [0.15, 0.2) is 30.3 Å². The van der Waals surface area contributed by atoms with Crippen molar-refractivity contribution in [2.45, 2.75) is 19.0 Å². The molecule has 1 rings (SSSR count). The van der Waals surface area contributed by atoms with E-state index >= 15 is 0 Å². The minimum atomic E-state index is -1.16.